The van der Waals surface area contributed by atoms with E-state index in [1.54, 1.807) is 31.2 Å². The lowest BCUT2D eigenvalue weighted by Crippen LogP contribution is -2.23. The molecule has 0 saturated carbocycles. The Morgan fingerprint density at radius 1 is 0.971 bits per heavy atom. The van der Waals surface area contributed by atoms with Crippen LogP contribution in [0, 0.1) is 5.92 Å². The van der Waals surface area contributed by atoms with Gasteiger partial charge < -0.3 is 29.1 Å². The molecule has 9 nitrogen and oxygen atoms in total. The fraction of sp³-hybridized carbons (Fsp3) is 0.333. The maximum atomic E-state index is 12.8. The Morgan fingerprint density at radius 2 is 1.59 bits per heavy atom. The minimum absolute atomic E-state index is 0.281. The van der Waals surface area contributed by atoms with Crippen LogP contribution in [0.15, 0.2) is 35.7 Å². The van der Waals surface area contributed by atoms with Gasteiger partial charge in [0.2, 0.25) is 5.91 Å². The molecule has 0 saturated heterocycles. The van der Waals surface area contributed by atoms with Gasteiger partial charge in [-0.3, -0.25) is 4.79 Å². The molecule has 2 aromatic carbocycles. The highest BCUT2D eigenvalue weighted by molar-refractivity contribution is 7.93. The van der Waals surface area contributed by atoms with Crippen molar-refractivity contribution in [1.82, 2.24) is 0 Å². The van der Waals surface area contributed by atoms with Crippen molar-refractivity contribution in [2.45, 2.75) is 19.1 Å². The Morgan fingerprint density at radius 3 is 2.09 bits per heavy atom. The van der Waals surface area contributed by atoms with Gasteiger partial charge in [-0.2, -0.15) is 0 Å². The molecule has 10 heteroatoms. The van der Waals surface area contributed by atoms with Gasteiger partial charge >= 0.3 is 0 Å². The van der Waals surface area contributed by atoms with Crippen LogP contribution in [0.2, 0.25) is 0 Å². The summed E-state index contributed by atoms with van der Waals surface area (Å²) in [4.78, 5) is 23.4. The number of amides is 1. The predicted molar refractivity (Wildman–Crippen MR) is 129 cm³/mol. The van der Waals surface area contributed by atoms with Crippen LogP contribution in [0.5, 0.6) is 23.0 Å². The highest BCUT2D eigenvalue weighted by atomic mass is 32.2. The zero-order chi connectivity index (χ0) is 25.3. The molecule has 0 aliphatic carbocycles. The minimum Gasteiger partial charge on any atom is -0.496 e. The molecule has 0 aliphatic heterocycles. The second kappa shape index (κ2) is 12.1. The zero-order valence-corrected chi connectivity index (χ0v) is 20.6. The third-order valence-corrected chi connectivity index (χ3v) is 6.31. The minimum atomic E-state index is -3.72. The van der Waals surface area contributed by atoms with E-state index in [-0.39, 0.29) is 11.4 Å². The van der Waals surface area contributed by atoms with Crippen LogP contribution in [-0.4, -0.2) is 49.1 Å². The van der Waals surface area contributed by atoms with Crippen LogP contribution >= 0.6 is 0 Å². The summed E-state index contributed by atoms with van der Waals surface area (Å²) in [6, 6.07) is 7.90. The van der Waals surface area contributed by atoms with E-state index in [1.165, 1.54) is 40.6 Å². The van der Waals surface area contributed by atoms with Crippen molar-refractivity contribution in [2.75, 3.05) is 33.8 Å². The van der Waals surface area contributed by atoms with E-state index in [0.717, 1.165) is 5.41 Å². The summed E-state index contributed by atoms with van der Waals surface area (Å²) >= 11 is 0. The first-order valence-electron chi connectivity index (χ1n) is 10.4. The number of ether oxygens (including phenoxy) is 4. The molecule has 1 unspecified atom stereocenters. The molecular formula is C24H29NO8S. The molecule has 2 rings (SSSR count). The molecule has 0 aromatic heterocycles. The Bertz CT molecular complexity index is 1130. The summed E-state index contributed by atoms with van der Waals surface area (Å²) < 4.78 is 46.8. The number of carbonyl (C=O) groups excluding carboxylic acids is 2. The van der Waals surface area contributed by atoms with Gasteiger partial charge in [0, 0.05) is 17.5 Å². The third-order valence-electron chi connectivity index (χ3n) is 5.03. The number of aldehydes is 1. The van der Waals surface area contributed by atoms with Crippen molar-refractivity contribution in [3.63, 3.8) is 0 Å². The quantitative estimate of drug-likeness (QED) is 0.354. The second-order valence-corrected chi connectivity index (χ2v) is 9.12. The van der Waals surface area contributed by atoms with Gasteiger partial charge in [0.1, 0.15) is 29.3 Å². The van der Waals surface area contributed by atoms with Crippen LogP contribution in [0.4, 0.5) is 5.69 Å². The standard InChI is InChI=1S/C24H29NO8S/c1-6-17(14-26)24(27)25-20-11-16(7-8-21(20)31-3)15-34(28,29)10-9-19-22(32-4)12-18(30-2)13-23(19)33-5/h7-14,17H,6,15H2,1-5H3,(H,25,27)/b10-9+. The van der Waals surface area contributed by atoms with Crippen LogP contribution in [-0.2, 0) is 25.2 Å². The highest BCUT2D eigenvalue weighted by Crippen LogP contribution is 2.35. The number of hydrogen-bond acceptors (Lipinski definition) is 8. The SMILES string of the molecule is CCC(C=O)C(=O)Nc1cc(CS(=O)(=O)/C=C/c2c(OC)cc(OC)cc2OC)ccc1OC. The smallest absolute Gasteiger partial charge is 0.234 e. The van der Waals surface area contributed by atoms with E-state index in [2.05, 4.69) is 5.32 Å². The highest BCUT2D eigenvalue weighted by Gasteiger charge is 2.19. The molecule has 0 fully saturated rings. The van der Waals surface area contributed by atoms with Gasteiger partial charge in [0.25, 0.3) is 0 Å². The van der Waals surface area contributed by atoms with Crippen molar-refractivity contribution < 1.29 is 37.0 Å². The molecule has 0 spiro atoms. The molecule has 1 atom stereocenters. The van der Waals surface area contributed by atoms with E-state index >= 15 is 0 Å². The maximum Gasteiger partial charge on any atom is 0.234 e. The number of hydrogen-bond donors (Lipinski definition) is 1. The zero-order valence-electron chi connectivity index (χ0n) is 19.8. The normalized spacial score (nSPS) is 12.1. The van der Waals surface area contributed by atoms with Crippen LogP contribution in [0.1, 0.15) is 24.5 Å². The summed E-state index contributed by atoms with van der Waals surface area (Å²) in [7, 11) is 2.13. The monoisotopic (exact) mass is 491 g/mol. The third kappa shape index (κ3) is 6.74. The van der Waals surface area contributed by atoms with E-state index in [0.29, 0.717) is 46.8 Å². The molecule has 1 N–H and O–H groups in total. The Kier molecular flexibility index (Phi) is 9.49. The average Bonchev–Trinajstić information content (AvgIpc) is 2.82. The van der Waals surface area contributed by atoms with E-state index < -0.39 is 21.7 Å². The Labute approximate surface area is 199 Å². The molecule has 0 aliphatic rings. The van der Waals surface area contributed by atoms with Crippen molar-refractivity contribution in [3.8, 4) is 23.0 Å². The number of rotatable bonds is 12. The first-order chi connectivity index (χ1) is 16.2. The van der Waals surface area contributed by atoms with Crippen molar-refractivity contribution >= 4 is 33.8 Å². The van der Waals surface area contributed by atoms with Crippen molar-refractivity contribution in [1.29, 1.82) is 0 Å². The number of nitrogens with one attached hydrogen (secondary N) is 1. The van der Waals surface area contributed by atoms with Gasteiger partial charge in [-0.25, -0.2) is 8.42 Å². The van der Waals surface area contributed by atoms with Crippen LogP contribution < -0.4 is 24.3 Å². The second-order valence-electron chi connectivity index (χ2n) is 7.23. The molecule has 0 bridgehead atoms. The van der Waals surface area contributed by atoms with Gasteiger partial charge in [-0.1, -0.05) is 13.0 Å². The topological polar surface area (TPSA) is 117 Å². The molecule has 1 amide bonds. The largest absolute Gasteiger partial charge is 0.496 e. The molecule has 0 radical (unpaired) electrons. The number of benzene rings is 2. The first kappa shape index (κ1) is 26.7. The summed E-state index contributed by atoms with van der Waals surface area (Å²) in [5.74, 6) is -0.0125. The van der Waals surface area contributed by atoms with E-state index in [1.807, 2.05) is 0 Å². The summed E-state index contributed by atoms with van der Waals surface area (Å²) in [6.45, 7) is 1.72. The molecular weight excluding hydrogens is 462 g/mol. The van der Waals surface area contributed by atoms with Crippen LogP contribution in [0.25, 0.3) is 6.08 Å². The van der Waals surface area contributed by atoms with E-state index in [4.69, 9.17) is 18.9 Å². The number of sulfone groups is 1. The van der Waals surface area contributed by atoms with Gasteiger partial charge in [-0.05, 0) is 30.2 Å². The van der Waals surface area contributed by atoms with Gasteiger partial charge in [-0.15, -0.1) is 0 Å². The van der Waals surface area contributed by atoms with E-state index in [9.17, 15) is 18.0 Å². The predicted octanol–water partition coefficient (Wildman–Crippen LogP) is 3.47. The fourth-order valence-electron chi connectivity index (χ4n) is 3.16. The first-order valence-corrected chi connectivity index (χ1v) is 12.1. The van der Waals surface area contributed by atoms with Gasteiger partial charge in [0.15, 0.2) is 9.84 Å². The Hall–Kier alpha value is -3.53. The fourth-order valence-corrected chi connectivity index (χ4v) is 4.24. The summed E-state index contributed by atoms with van der Waals surface area (Å²) in [6.07, 6.45) is 2.31. The molecule has 2 aromatic rings. The lowest BCUT2D eigenvalue weighted by atomic mass is 10.1. The molecule has 0 heterocycles. The van der Waals surface area contributed by atoms with Crippen molar-refractivity contribution in [2.24, 2.45) is 5.92 Å². The van der Waals surface area contributed by atoms with Crippen molar-refractivity contribution in [3.05, 3.63) is 46.9 Å². The maximum absolute atomic E-state index is 12.8. The lowest BCUT2D eigenvalue weighted by molar-refractivity contribution is -0.125. The number of carbonyl (C=O) groups is 2. The summed E-state index contributed by atoms with van der Waals surface area (Å²) in [5.41, 5.74) is 1.15. The number of methoxy groups -OCH3 is 4. The van der Waals surface area contributed by atoms with Crippen LogP contribution in [0.3, 0.4) is 0 Å². The number of anilines is 1. The molecule has 184 valence electrons. The molecule has 34 heavy (non-hydrogen) atoms. The summed E-state index contributed by atoms with van der Waals surface area (Å²) in [5, 5.41) is 3.71. The lowest BCUT2D eigenvalue weighted by Gasteiger charge is -2.14. The average molecular weight is 492 g/mol. The van der Waals surface area contributed by atoms with Gasteiger partial charge in [0.05, 0.1) is 51.4 Å². The Balaban J connectivity index is 2.33.